The fourth-order valence-corrected chi connectivity index (χ4v) is 3.17. The molecular weight excluding hydrogens is 244 g/mol. The fourth-order valence-electron chi connectivity index (χ4n) is 2.07. The molecule has 0 aliphatic carbocycles. The van der Waals surface area contributed by atoms with Gasteiger partial charge in [-0.2, -0.15) is 11.8 Å². The number of nitrogen functional groups attached to an aromatic ring is 1. The minimum Gasteiger partial charge on any atom is -0.384 e. The molecule has 0 unspecified atom stereocenters. The number of aryl methyl sites for hydroxylation is 1. The molecule has 1 aromatic rings. The maximum Gasteiger partial charge on any atom is 0.134 e. The lowest BCUT2D eigenvalue weighted by atomic mass is 10.1. The minimum absolute atomic E-state index is 0.362. The highest BCUT2D eigenvalue weighted by atomic mass is 32.2. The number of aromatic nitrogens is 2. The van der Waals surface area contributed by atoms with Crippen molar-refractivity contribution in [1.82, 2.24) is 9.97 Å². The molecule has 0 amide bonds. The second-order valence-electron chi connectivity index (χ2n) is 5.27. The predicted molar refractivity (Wildman–Crippen MR) is 79.2 cm³/mol. The summed E-state index contributed by atoms with van der Waals surface area (Å²) in [5.41, 5.74) is 5.85. The largest absolute Gasteiger partial charge is 0.384 e. The van der Waals surface area contributed by atoms with E-state index in [1.54, 1.807) is 0 Å². The van der Waals surface area contributed by atoms with Crippen LogP contribution in [0.1, 0.15) is 33.0 Å². The van der Waals surface area contributed by atoms with Gasteiger partial charge in [0.25, 0.3) is 0 Å². The molecule has 1 aliphatic heterocycles. The molecule has 0 spiro atoms. The highest BCUT2D eigenvalue weighted by molar-refractivity contribution is 8.00. The van der Waals surface area contributed by atoms with Crippen molar-refractivity contribution < 1.29 is 0 Å². The molecule has 2 rings (SSSR count). The molecule has 2 N–H and O–H groups in total. The SMILES string of the molecule is CCc1nc(N)cc(N2CCSC(C)(C)CC2)n1. The van der Waals surface area contributed by atoms with Crippen LogP contribution in [0.3, 0.4) is 0 Å². The first-order chi connectivity index (χ1) is 8.50. The predicted octanol–water partition coefficient (Wildman–Crippen LogP) is 2.34. The average Bonchev–Trinajstić information content (AvgIpc) is 2.49. The zero-order chi connectivity index (χ0) is 13.2. The molecule has 2 heterocycles. The van der Waals surface area contributed by atoms with Gasteiger partial charge in [0.2, 0.25) is 0 Å². The number of rotatable bonds is 2. The van der Waals surface area contributed by atoms with Crippen molar-refractivity contribution in [2.75, 3.05) is 29.5 Å². The van der Waals surface area contributed by atoms with E-state index in [1.165, 1.54) is 6.42 Å². The van der Waals surface area contributed by atoms with Crippen molar-refractivity contribution in [3.05, 3.63) is 11.9 Å². The van der Waals surface area contributed by atoms with Crippen molar-refractivity contribution in [2.45, 2.75) is 38.4 Å². The van der Waals surface area contributed by atoms with Crippen LogP contribution in [-0.2, 0) is 6.42 Å². The van der Waals surface area contributed by atoms with Gasteiger partial charge < -0.3 is 10.6 Å². The van der Waals surface area contributed by atoms with Gasteiger partial charge in [-0.05, 0) is 6.42 Å². The van der Waals surface area contributed by atoms with Crippen molar-refractivity contribution in [1.29, 1.82) is 0 Å². The minimum atomic E-state index is 0.362. The summed E-state index contributed by atoms with van der Waals surface area (Å²) >= 11 is 2.04. The van der Waals surface area contributed by atoms with Crippen LogP contribution in [0, 0.1) is 0 Å². The molecule has 0 aromatic carbocycles. The summed E-state index contributed by atoms with van der Waals surface area (Å²) < 4.78 is 0.362. The molecule has 0 radical (unpaired) electrons. The molecule has 4 nitrogen and oxygen atoms in total. The third-order valence-corrected chi connectivity index (χ3v) is 4.63. The van der Waals surface area contributed by atoms with E-state index >= 15 is 0 Å². The zero-order valence-electron chi connectivity index (χ0n) is 11.4. The van der Waals surface area contributed by atoms with Crippen molar-refractivity contribution >= 4 is 23.4 Å². The maximum absolute atomic E-state index is 5.85. The van der Waals surface area contributed by atoms with Gasteiger partial charge in [-0.1, -0.05) is 20.8 Å². The Balaban J connectivity index is 2.18. The van der Waals surface area contributed by atoms with Crippen LogP contribution < -0.4 is 10.6 Å². The summed E-state index contributed by atoms with van der Waals surface area (Å²) in [5.74, 6) is 3.53. The lowest BCUT2D eigenvalue weighted by Crippen LogP contribution is -2.28. The molecule has 5 heteroatoms. The number of nitrogens with two attached hydrogens (primary N) is 1. The first kappa shape index (κ1) is 13.5. The number of thioether (sulfide) groups is 1. The van der Waals surface area contributed by atoms with Crippen LogP contribution in [0.5, 0.6) is 0 Å². The summed E-state index contributed by atoms with van der Waals surface area (Å²) in [6.07, 6.45) is 2.00. The zero-order valence-corrected chi connectivity index (χ0v) is 12.3. The van der Waals surface area contributed by atoms with Gasteiger partial charge in [-0.15, -0.1) is 0 Å². The summed E-state index contributed by atoms with van der Waals surface area (Å²) in [4.78, 5) is 11.2. The first-order valence-corrected chi connectivity index (χ1v) is 7.51. The Morgan fingerprint density at radius 3 is 2.89 bits per heavy atom. The third kappa shape index (κ3) is 3.28. The van der Waals surface area contributed by atoms with Gasteiger partial charge in [-0.3, -0.25) is 0 Å². The molecule has 18 heavy (non-hydrogen) atoms. The Labute approximate surface area is 113 Å². The lowest BCUT2D eigenvalue weighted by molar-refractivity contribution is 0.634. The van der Waals surface area contributed by atoms with Crippen LogP contribution in [0.25, 0.3) is 0 Å². The lowest BCUT2D eigenvalue weighted by Gasteiger charge is -2.23. The Bertz CT molecular complexity index is 419. The monoisotopic (exact) mass is 266 g/mol. The number of hydrogen-bond donors (Lipinski definition) is 1. The van der Waals surface area contributed by atoms with E-state index < -0.39 is 0 Å². The van der Waals surface area contributed by atoms with Crippen LogP contribution >= 0.6 is 11.8 Å². The number of hydrogen-bond acceptors (Lipinski definition) is 5. The fraction of sp³-hybridized carbons (Fsp3) is 0.692. The summed E-state index contributed by atoms with van der Waals surface area (Å²) in [6, 6.07) is 1.89. The van der Waals surface area contributed by atoms with E-state index in [2.05, 4.69) is 35.6 Å². The van der Waals surface area contributed by atoms with Crippen molar-refractivity contribution in [3.63, 3.8) is 0 Å². The van der Waals surface area contributed by atoms with Crippen LogP contribution in [0.2, 0.25) is 0 Å². The second-order valence-corrected chi connectivity index (χ2v) is 7.07. The van der Waals surface area contributed by atoms with E-state index in [9.17, 15) is 0 Å². The molecule has 1 aliphatic rings. The summed E-state index contributed by atoms with van der Waals surface area (Å²) in [5, 5.41) is 0. The number of anilines is 2. The smallest absolute Gasteiger partial charge is 0.134 e. The van der Waals surface area contributed by atoms with E-state index in [4.69, 9.17) is 5.73 Å². The van der Waals surface area contributed by atoms with Crippen LogP contribution in [0.4, 0.5) is 11.6 Å². The quantitative estimate of drug-likeness (QED) is 0.890. The molecule has 0 saturated carbocycles. The second kappa shape index (κ2) is 5.34. The van der Waals surface area contributed by atoms with Crippen molar-refractivity contribution in [2.24, 2.45) is 0 Å². The van der Waals surface area contributed by atoms with E-state index in [0.717, 1.165) is 36.9 Å². The highest BCUT2D eigenvalue weighted by Gasteiger charge is 2.24. The van der Waals surface area contributed by atoms with Gasteiger partial charge in [0.05, 0.1) is 0 Å². The Morgan fingerprint density at radius 2 is 2.17 bits per heavy atom. The van der Waals surface area contributed by atoms with Crippen LogP contribution in [-0.4, -0.2) is 33.6 Å². The van der Waals surface area contributed by atoms with Gasteiger partial charge in [-0.25, -0.2) is 9.97 Å². The van der Waals surface area contributed by atoms with E-state index in [1.807, 2.05) is 17.8 Å². The highest BCUT2D eigenvalue weighted by Crippen LogP contribution is 2.32. The number of nitrogens with zero attached hydrogens (tertiary/aromatic N) is 3. The Morgan fingerprint density at radius 1 is 1.39 bits per heavy atom. The Kier molecular flexibility index (Phi) is 4.00. The molecule has 1 aromatic heterocycles. The Hall–Kier alpha value is -0.970. The normalized spacial score (nSPS) is 19.6. The third-order valence-electron chi connectivity index (χ3n) is 3.26. The van der Waals surface area contributed by atoms with Crippen LogP contribution in [0.15, 0.2) is 6.07 Å². The molecule has 0 bridgehead atoms. The molecule has 1 fully saturated rings. The average molecular weight is 266 g/mol. The van der Waals surface area contributed by atoms with Gasteiger partial charge in [0.15, 0.2) is 0 Å². The van der Waals surface area contributed by atoms with Crippen molar-refractivity contribution in [3.8, 4) is 0 Å². The van der Waals surface area contributed by atoms with E-state index in [-0.39, 0.29) is 0 Å². The summed E-state index contributed by atoms with van der Waals surface area (Å²) in [6.45, 7) is 8.76. The van der Waals surface area contributed by atoms with Gasteiger partial charge in [0, 0.05) is 36.1 Å². The van der Waals surface area contributed by atoms with Gasteiger partial charge >= 0.3 is 0 Å². The standard InChI is InChI=1S/C13H22N4S/c1-4-11-15-10(14)9-12(16-11)17-6-5-13(2,3)18-8-7-17/h9H,4-8H2,1-3H3,(H2,14,15,16). The maximum atomic E-state index is 5.85. The first-order valence-electron chi connectivity index (χ1n) is 6.52. The summed E-state index contributed by atoms with van der Waals surface area (Å²) in [7, 11) is 0. The topological polar surface area (TPSA) is 55.0 Å². The molecule has 100 valence electrons. The van der Waals surface area contributed by atoms with E-state index in [0.29, 0.717) is 10.6 Å². The molecule has 1 saturated heterocycles. The molecule has 0 atom stereocenters. The van der Waals surface area contributed by atoms with Gasteiger partial charge in [0.1, 0.15) is 17.5 Å². The molecular formula is C13H22N4S.